The van der Waals surface area contributed by atoms with Gasteiger partial charge < -0.3 is 24.5 Å². The van der Waals surface area contributed by atoms with Crippen LogP contribution in [0.2, 0.25) is 0 Å². The Labute approximate surface area is 164 Å². The maximum atomic E-state index is 12.8. The van der Waals surface area contributed by atoms with Gasteiger partial charge in [0.2, 0.25) is 5.75 Å². The molecule has 0 saturated carbocycles. The lowest BCUT2D eigenvalue weighted by Gasteiger charge is -2.17. The second-order valence-electron chi connectivity index (χ2n) is 6.14. The van der Waals surface area contributed by atoms with Crippen molar-refractivity contribution in [3.8, 4) is 17.2 Å². The molecule has 0 spiro atoms. The normalized spacial score (nSPS) is 10.7. The number of amides is 1. The molecule has 0 radical (unpaired) electrons. The number of fused-ring (bicyclic) bond motifs is 1. The van der Waals surface area contributed by atoms with Gasteiger partial charge in [0.05, 0.1) is 19.8 Å². The number of carbonyl (C=O) groups is 1. The molecule has 148 valence electrons. The summed E-state index contributed by atoms with van der Waals surface area (Å²) < 4.78 is 17.1. The first-order valence-corrected chi connectivity index (χ1v) is 9.57. The fraction of sp³-hybridized carbons (Fsp3) is 0.318. The van der Waals surface area contributed by atoms with Crippen LogP contribution in [-0.4, -0.2) is 30.7 Å². The lowest BCUT2D eigenvalue weighted by Crippen LogP contribution is -2.23. The molecule has 0 aliphatic heterocycles. The van der Waals surface area contributed by atoms with E-state index in [0.717, 1.165) is 16.5 Å². The Kier molecular flexibility index (Phi) is 6.42. The Morgan fingerprint density at radius 2 is 1.61 bits per heavy atom. The van der Waals surface area contributed by atoms with E-state index >= 15 is 0 Å². The summed E-state index contributed by atoms with van der Waals surface area (Å²) in [6.45, 7) is 7.50. The quantitative estimate of drug-likeness (QED) is 0.579. The fourth-order valence-corrected chi connectivity index (χ4v) is 3.08. The third-order valence-electron chi connectivity index (χ3n) is 4.29. The number of hydrogen-bond acceptors (Lipinski definition) is 4. The third-order valence-corrected chi connectivity index (χ3v) is 4.29. The van der Waals surface area contributed by atoms with Crippen LogP contribution in [0.5, 0.6) is 17.2 Å². The van der Waals surface area contributed by atoms with Gasteiger partial charge in [0.15, 0.2) is 11.5 Å². The largest absolute Gasteiger partial charge is 0.490 e. The van der Waals surface area contributed by atoms with E-state index in [4.69, 9.17) is 14.2 Å². The first kappa shape index (κ1) is 19.6. The number of ether oxygens (including phenoxy) is 3. The molecule has 2 N–H and O–H groups in total. The third kappa shape index (κ3) is 4.22. The van der Waals surface area contributed by atoms with Gasteiger partial charge in [-0.1, -0.05) is 18.2 Å². The fourth-order valence-electron chi connectivity index (χ4n) is 3.08. The van der Waals surface area contributed by atoms with Crippen molar-refractivity contribution in [1.29, 1.82) is 0 Å². The molecule has 2 aromatic carbocycles. The second kappa shape index (κ2) is 9.17. The maximum absolute atomic E-state index is 12.8. The molecular weight excluding hydrogens is 356 g/mol. The van der Waals surface area contributed by atoms with Crippen LogP contribution in [0.4, 0.5) is 0 Å². The van der Waals surface area contributed by atoms with E-state index in [1.165, 1.54) is 0 Å². The predicted octanol–water partition coefficient (Wildman–Crippen LogP) is 4.29. The Morgan fingerprint density at radius 3 is 2.25 bits per heavy atom. The summed E-state index contributed by atoms with van der Waals surface area (Å²) in [6.07, 6.45) is 1.92. The van der Waals surface area contributed by atoms with E-state index in [2.05, 4.69) is 10.3 Å². The Hall–Kier alpha value is -3.15. The van der Waals surface area contributed by atoms with Crippen LogP contribution in [0.1, 0.15) is 36.7 Å². The zero-order valence-electron chi connectivity index (χ0n) is 16.5. The molecule has 3 rings (SSSR count). The van der Waals surface area contributed by atoms with Crippen molar-refractivity contribution in [2.24, 2.45) is 0 Å². The van der Waals surface area contributed by atoms with Crippen molar-refractivity contribution < 1.29 is 19.0 Å². The highest BCUT2D eigenvalue weighted by atomic mass is 16.5. The van der Waals surface area contributed by atoms with E-state index in [0.29, 0.717) is 49.2 Å². The van der Waals surface area contributed by atoms with E-state index < -0.39 is 0 Å². The van der Waals surface area contributed by atoms with E-state index in [1.54, 1.807) is 12.1 Å². The Balaban J connectivity index is 1.83. The number of aromatic nitrogens is 1. The van der Waals surface area contributed by atoms with Gasteiger partial charge in [-0.2, -0.15) is 0 Å². The molecule has 6 heteroatoms. The van der Waals surface area contributed by atoms with Gasteiger partial charge >= 0.3 is 0 Å². The number of nitrogens with one attached hydrogen (secondary N) is 2. The van der Waals surface area contributed by atoms with Gasteiger partial charge in [-0.25, -0.2) is 0 Å². The molecule has 3 aromatic rings. The summed E-state index contributed by atoms with van der Waals surface area (Å²) in [7, 11) is 0. The zero-order chi connectivity index (χ0) is 19.9. The van der Waals surface area contributed by atoms with Crippen molar-refractivity contribution in [2.45, 2.75) is 27.3 Å². The highest BCUT2D eigenvalue weighted by molar-refractivity contribution is 5.96. The lowest BCUT2D eigenvalue weighted by atomic mass is 10.1. The molecule has 0 saturated heterocycles. The standard InChI is InChI=1S/C22H26N2O4/c1-4-26-19-11-15(12-20(27-5-2)21(19)28-6-3)22(25)24-14-16-13-23-18-10-8-7-9-17(16)18/h7-13,23H,4-6,14H2,1-3H3,(H,24,25). The molecule has 0 fully saturated rings. The van der Waals surface area contributed by atoms with Gasteiger partial charge in [0.1, 0.15) is 0 Å². The minimum atomic E-state index is -0.199. The number of hydrogen-bond donors (Lipinski definition) is 2. The first-order valence-electron chi connectivity index (χ1n) is 9.57. The van der Waals surface area contributed by atoms with Gasteiger partial charge in [-0.05, 0) is 44.5 Å². The van der Waals surface area contributed by atoms with Crippen LogP contribution in [0.25, 0.3) is 10.9 Å². The molecule has 0 aliphatic rings. The number of rotatable bonds is 9. The predicted molar refractivity (Wildman–Crippen MR) is 109 cm³/mol. The van der Waals surface area contributed by atoms with Crippen LogP contribution in [0.3, 0.4) is 0 Å². The number of carbonyl (C=O) groups excluding carboxylic acids is 1. The molecule has 28 heavy (non-hydrogen) atoms. The highest BCUT2D eigenvalue weighted by Crippen LogP contribution is 2.39. The summed E-state index contributed by atoms with van der Waals surface area (Å²) in [5.74, 6) is 1.34. The number of aromatic amines is 1. The molecule has 0 bridgehead atoms. The summed E-state index contributed by atoms with van der Waals surface area (Å²) >= 11 is 0. The molecule has 0 atom stereocenters. The van der Waals surface area contributed by atoms with Crippen LogP contribution >= 0.6 is 0 Å². The van der Waals surface area contributed by atoms with Gasteiger partial charge in [-0.15, -0.1) is 0 Å². The SMILES string of the molecule is CCOc1cc(C(=O)NCc2c[nH]c3ccccc23)cc(OCC)c1OCC. The molecule has 0 aliphatic carbocycles. The molecule has 6 nitrogen and oxygen atoms in total. The Morgan fingerprint density at radius 1 is 0.964 bits per heavy atom. The van der Waals surface area contributed by atoms with Crippen molar-refractivity contribution in [1.82, 2.24) is 10.3 Å². The summed E-state index contributed by atoms with van der Waals surface area (Å²) in [5.41, 5.74) is 2.55. The van der Waals surface area contributed by atoms with Gasteiger partial charge in [-0.3, -0.25) is 4.79 Å². The van der Waals surface area contributed by atoms with Crippen molar-refractivity contribution in [2.75, 3.05) is 19.8 Å². The van der Waals surface area contributed by atoms with Crippen LogP contribution < -0.4 is 19.5 Å². The number of para-hydroxylation sites is 1. The van der Waals surface area contributed by atoms with Gasteiger partial charge in [0.25, 0.3) is 5.91 Å². The van der Waals surface area contributed by atoms with E-state index in [1.807, 2.05) is 51.2 Å². The molecule has 1 amide bonds. The minimum Gasteiger partial charge on any atom is -0.490 e. The number of H-pyrrole nitrogens is 1. The molecular formula is C22H26N2O4. The summed E-state index contributed by atoms with van der Waals surface area (Å²) in [4.78, 5) is 16.0. The van der Waals surface area contributed by atoms with E-state index in [-0.39, 0.29) is 5.91 Å². The maximum Gasteiger partial charge on any atom is 0.251 e. The van der Waals surface area contributed by atoms with Crippen molar-refractivity contribution >= 4 is 16.8 Å². The average molecular weight is 382 g/mol. The topological polar surface area (TPSA) is 72.6 Å². The first-order chi connectivity index (χ1) is 13.7. The van der Waals surface area contributed by atoms with Crippen molar-refractivity contribution in [3.05, 3.63) is 53.7 Å². The summed E-state index contributed by atoms with van der Waals surface area (Å²) in [6, 6.07) is 11.4. The molecule has 1 heterocycles. The van der Waals surface area contributed by atoms with Crippen LogP contribution in [0.15, 0.2) is 42.6 Å². The monoisotopic (exact) mass is 382 g/mol. The second-order valence-corrected chi connectivity index (χ2v) is 6.14. The van der Waals surface area contributed by atoms with E-state index in [9.17, 15) is 4.79 Å². The minimum absolute atomic E-state index is 0.199. The molecule has 0 unspecified atom stereocenters. The lowest BCUT2D eigenvalue weighted by molar-refractivity contribution is 0.0950. The number of benzene rings is 2. The summed E-state index contributed by atoms with van der Waals surface area (Å²) in [5, 5.41) is 4.07. The molecule has 1 aromatic heterocycles. The zero-order valence-corrected chi connectivity index (χ0v) is 16.5. The average Bonchev–Trinajstić information content (AvgIpc) is 3.12. The van der Waals surface area contributed by atoms with Crippen LogP contribution in [0, 0.1) is 0 Å². The Bertz CT molecular complexity index is 922. The van der Waals surface area contributed by atoms with Crippen LogP contribution in [-0.2, 0) is 6.54 Å². The van der Waals surface area contributed by atoms with Crippen molar-refractivity contribution in [3.63, 3.8) is 0 Å². The van der Waals surface area contributed by atoms with Gasteiger partial charge in [0, 0.05) is 29.2 Å². The highest BCUT2D eigenvalue weighted by Gasteiger charge is 2.18. The smallest absolute Gasteiger partial charge is 0.251 e.